The second-order valence-corrected chi connectivity index (χ2v) is 5.32. The van der Waals surface area contributed by atoms with Gasteiger partial charge in [0.25, 0.3) is 5.91 Å². The first-order valence-electron chi connectivity index (χ1n) is 5.60. The number of nitrogens with zero attached hydrogens (tertiary/aromatic N) is 3. The number of hydrogen-bond donors (Lipinski definition) is 1. The first-order valence-corrected chi connectivity index (χ1v) is 7.09. The fourth-order valence-electron chi connectivity index (χ4n) is 1.71. The monoisotopic (exact) mass is 342 g/mol. The maximum Gasteiger partial charge on any atom is 0.274 e. The van der Waals surface area contributed by atoms with Crippen molar-refractivity contribution in [1.29, 1.82) is 0 Å². The molecule has 1 amide bonds. The summed E-state index contributed by atoms with van der Waals surface area (Å²) in [5.74, 6) is -1.35. The molecule has 0 unspecified atom stereocenters. The number of rotatable bonds is 2. The average molecular weight is 343 g/mol. The van der Waals surface area contributed by atoms with Crippen molar-refractivity contribution in [3.8, 4) is 0 Å². The summed E-state index contributed by atoms with van der Waals surface area (Å²) < 4.78 is 21.1. The second-order valence-electron chi connectivity index (χ2n) is 3.98. The van der Waals surface area contributed by atoms with Gasteiger partial charge in [-0.05, 0) is 18.2 Å². The molecule has 2 aromatic rings. The van der Waals surface area contributed by atoms with Gasteiger partial charge in [0.05, 0.1) is 27.1 Å². The van der Waals surface area contributed by atoms with E-state index in [-0.39, 0.29) is 16.4 Å². The van der Waals surface area contributed by atoms with Gasteiger partial charge < -0.3 is 5.32 Å². The van der Waals surface area contributed by atoms with Crippen LogP contribution < -0.4 is 5.32 Å². The van der Waals surface area contributed by atoms with Crippen LogP contribution in [0.4, 0.5) is 21.5 Å². The van der Waals surface area contributed by atoms with E-state index >= 15 is 0 Å². The number of aromatic nitrogens is 1. The van der Waals surface area contributed by atoms with E-state index in [4.69, 9.17) is 23.2 Å². The number of pyridine rings is 1. The Balaban J connectivity index is 1.98. The Morgan fingerprint density at radius 2 is 1.95 bits per heavy atom. The van der Waals surface area contributed by atoms with Gasteiger partial charge in [-0.2, -0.15) is 13.1 Å². The van der Waals surface area contributed by atoms with E-state index in [1.54, 1.807) is 0 Å². The molecule has 0 radical (unpaired) electrons. The summed E-state index contributed by atoms with van der Waals surface area (Å²) in [6.07, 6.45) is 0. The zero-order chi connectivity index (χ0) is 15.0. The maximum absolute atomic E-state index is 13.0. The molecule has 1 aliphatic rings. The maximum atomic E-state index is 13.0. The molecule has 1 aromatic carbocycles. The highest BCUT2D eigenvalue weighted by Crippen LogP contribution is 2.47. The molecule has 3 rings (SSSR count). The highest BCUT2D eigenvalue weighted by molar-refractivity contribution is 7.58. The second kappa shape index (κ2) is 5.51. The minimum Gasteiger partial charge on any atom is -0.317 e. The third-order valence-electron chi connectivity index (χ3n) is 2.63. The van der Waals surface area contributed by atoms with E-state index in [0.717, 1.165) is 17.4 Å². The topological polar surface area (TPSA) is 66.7 Å². The van der Waals surface area contributed by atoms with Crippen molar-refractivity contribution < 1.29 is 9.18 Å². The van der Waals surface area contributed by atoms with Crippen molar-refractivity contribution in [2.45, 2.75) is 0 Å². The van der Waals surface area contributed by atoms with Crippen molar-refractivity contribution in [3.05, 3.63) is 46.0 Å². The molecule has 2 heterocycles. The zero-order valence-electron chi connectivity index (χ0n) is 10.1. The largest absolute Gasteiger partial charge is 0.317 e. The van der Waals surface area contributed by atoms with Crippen LogP contribution in [0.1, 0.15) is 10.5 Å². The van der Waals surface area contributed by atoms with Gasteiger partial charge >= 0.3 is 0 Å². The van der Waals surface area contributed by atoms with Gasteiger partial charge in [-0.25, -0.2) is 4.98 Å². The van der Waals surface area contributed by atoms with Crippen LogP contribution in [0.15, 0.2) is 33.0 Å². The van der Waals surface area contributed by atoms with Gasteiger partial charge in [-0.3, -0.25) is 4.79 Å². The molecule has 0 atom stereocenters. The van der Waals surface area contributed by atoms with Crippen LogP contribution in [0.5, 0.6) is 0 Å². The standard InChI is InChI=1S/C12H5Cl2FN4OS/c13-5-4-6(14)10-11(19-21-18-10)9(5)17-12(20)7-2-1-3-8(15)16-7/h1-4H,(H,17,20). The van der Waals surface area contributed by atoms with Crippen LogP contribution in [-0.2, 0) is 11.4 Å². The van der Waals surface area contributed by atoms with Gasteiger partial charge in [0.1, 0.15) is 17.1 Å². The smallest absolute Gasteiger partial charge is 0.274 e. The lowest BCUT2D eigenvalue weighted by Crippen LogP contribution is -2.14. The van der Waals surface area contributed by atoms with Crippen LogP contribution in [0.3, 0.4) is 0 Å². The molecule has 1 N–H and O–H groups in total. The lowest BCUT2D eigenvalue weighted by atomic mass is 10.2. The van der Waals surface area contributed by atoms with Crippen LogP contribution in [-0.4, -0.2) is 10.9 Å². The Bertz CT molecular complexity index is 836. The summed E-state index contributed by atoms with van der Waals surface area (Å²) in [7, 11) is 0. The van der Waals surface area contributed by atoms with E-state index in [9.17, 15) is 9.18 Å². The zero-order valence-corrected chi connectivity index (χ0v) is 12.4. The molecule has 21 heavy (non-hydrogen) atoms. The first-order chi connectivity index (χ1) is 10.1. The molecule has 0 saturated heterocycles. The number of amides is 1. The van der Waals surface area contributed by atoms with E-state index in [0.29, 0.717) is 16.4 Å². The van der Waals surface area contributed by atoms with Crippen LogP contribution in [0, 0.1) is 5.95 Å². The SMILES string of the molecule is O=C(Nc1c(Cl)cc(Cl)c2c1N=S=N2)c1cccc(F)n1. The number of anilines is 1. The Kier molecular flexibility index (Phi) is 3.71. The Labute approximate surface area is 132 Å². The van der Waals surface area contributed by atoms with Crippen LogP contribution in [0.2, 0.25) is 10.0 Å². The minimum atomic E-state index is -0.745. The Hall–Kier alpha value is -1.83. The summed E-state index contributed by atoms with van der Waals surface area (Å²) >= 11 is 13.0. The summed E-state index contributed by atoms with van der Waals surface area (Å²) in [6.45, 7) is 0. The van der Waals surface area contributed by atoms with Crippen LogP contribution >= 0.6 is 23.2 Å². The number of nitrogens with one attached hydrogen (secondary N) is 1. The lowest BCUT2D eigenvalue weighted by Gasteiger charge is -2.10. The van der Waals surface area contributed by atoms with E-state index in [2.05, 4.69) is 19.0 Å². The van der Waals surface area contributed by atoms with E-state index < -0.39 is 11.9 Å². The van der Waals surface area contributed by atoms with Gasteiger partial charge in [0, 0.05) is 0 Å². The predicted octanol–water partition coefficient (Wildman–Crippen LogP) is 4.51. The minimum absolute atomic E-state index is 0.0719. The predicted molar refractivity (Wildman–Crippen MR) is 80.2 cm³/mol. The highest BCUT2D eigenvalue weighted by atomic mass is 35.5. The first kappa shape index (κ1) is 14.1. The Morgan fingerprint density at radius 1 is 1.19 bits per heavy atom. The van der Waals surface area contributed by atoms with Gasteiger partial charge in [0.15, 0.2) is 0 Å². The lowest BCUT2D eigenvalue weighted by molar-refractivity contribution is 0.102. The molecule has 1 aliphatic heterocycles. The third kappa shape index (κ3) is 2.67. The van der Waals surface area contributed by atoms with Crippen molar-refractivity contribution in [2.24, 2.45) is 8.73 Å². The number of hydrogen-bond acceptors (Lipinski definition) is 4. The number of halogens is 3. The molecule has 5 nitrogen and oxygen atoms in total. The van der Waals surface area contributed by atoms with Crippen molar-refractivity contribution >= 4 is 57.5 Å². The fraction of sp³-hybridized carbons (Fsp3) is 0. The molecule has 0 aliphatic carbocycles. The molecule has 0 bridgehead atoms. The van der Waals surface area contributed by atoms with Crippen LogP contribution in [0.25, 0.3) is 0 Å². The van der Waals surface area contributed by atoms with Gasteiger partial charge in [-0.15, -0.1) is 0 Å². The molecule has 9 heteroatoms. The van der Waals surface area contributed by atoms with E-state index in [1.165, 1.54) is 18.2 Å². The molecule has 1 aromatic heterocycles. The number of fused-ring (bicyclic) bond motifs is 1. The van der Waals surface area contributed by atoms with Crippen molar-refractivity contribution in [3.63, 3.8) is 0 Å². The van der Waals surface area contributed by atoms with Crippen molar-refractivity contribution in [1.82, 2.24) is 4.98 Å². The number of benzene rings is 1. The van der Waals surface area contributed by atoms with Gasteiger partial charge in [0.2, 0.25) is 5.95 Å². The average Bonchev–Trinajstić information content (AvgIpc) is 2.93. The van der Waals surface area contributed by atoms with Crippen molar-refractivity contribution in [2.75, 3.05) is 5.32 Å². The molecular formula is C12H5Cl2FN4OS. The third-order valence-corrected chi connectivity index (χ3v) is 3.74. The molecule has 0 fully saturated rings. The molecular weight excluding hydrogens is 338 g/mol. The van der Waals surface area contributed by atoms with Gasteiger partial charge in [-0.1, -0.05) is 29.3 Å². The molecule has 0 spiro atoms. The quantitative estimate of drug-likeness (QED) is 0.696. The summed E-state index contributed by atoms with van der Waals surface area (Å²) in [4.78, 5) is 15.6. The van der Waals surface area contributed by atoms with E-state index in [1.807, 2.05) is 0 Å². The molecule has 106 valence electrons. The summed E-state index contributed by atoms with van der Waals surface area (Å²) in [5, 5.41) is 3.11. The molecule has 0 saturated carbocycles. The summed E-state index contributed by atoms with van der Waals surface area (Å²) in [5.41, 5.74) is 1.01. The number of carbonyl (C=O) groups excluding carboxylic acids is 1. The normalized spacial score (nSPS) is 12.0. The summed E-state index contributed by atoms with van der Waals surface area (Å²) in [6, 6.07) is 5.38. The Morgan fingerprint density at radius 3 is 2.71 bits per heavy atom. The number of carbonyl (C=O) groups is 1. The highest BCUT2D eigenvalue weighted by Gasteiger charge is 2.21. The fourth-order valence-corrected chi connectivity index (χ4v) is 2.86.